The van der Waals surface area contributed by atoms with Crippen LogP contribution in [0.3, 0.4) is 0 Å². The van der Waals surface area contributed by atoms with Crippen LogP contribution in [0.4, 0.5) is 0 Å². The van der Waals surface area contributed by atoms with E-state index in [0.29, 0.717) is 32.3 Å². The van der Waals surface area contributed by atoms with Gasteiger partial charge in [-0.15, -0.1) is 0 Å². The van der Waals surface area contributed by atoms with Gasteiger partial charge in [0, 0.05) is 13.5 Å². The number of hydrogen-bond donors (Lipinski definition) is 0. The normalized spacial score (nSPS) is 25.6. The Hall–Kier alpha value is -0.450. The second-order valence-electron chi connectivity index (χ2n) is 4.17. The van der Waals surface area contributed by atoms with Gasteiger partial charge in [-0.2, -0.15) is 0 Å². The van der Waals surface area contributed by atoms with Gasteiger partial charge in [0.25, 0.3) is 0 Å². The first-order chi connectivity index (χ1) is 7.88. The Labute approximate surface area is 97.2 Å². The minimum Gasteiger partial charge on any atom is -0.382 e. The van der Waals surface area contributed by atoms with Crippen molar-refractivity contribution in [2.75, 3.05) is 27.1 Å². The van der Waals surface area contributed by atoms with Crippen molar-refractivity contribution in [2.45, 2.75) is 38.2 Å². The third-order valence-electron chi connectivity index (χ3n) is 3.04. The van der Waals surface area contributed by atoms with Crippen LogP contribution in [-0.2, 0) is 19.0 Å². The van der Waals surface area contributed by atoms with Gasteiger partial charge >= 0.3 is 0 Å². The fraction of sp³-hybridized carbons (Fsp3) is 0.917. The monoisotopic (exact) mass is 230 g/mol. The average Bonchev–Trinajstić information content (AvgIpc) is 2.31. The topological polar surface area (TPSA) is 44.8 Å². The molecule has 0 bridgehead atoms. The second kappa shape index (κ2) is 8.67. The lowest BCUT2D eigenvalue weighted by Gasteiger charge is -2.30. The Morgan fingerprint density at radius 1 is 1.25 bits per heavy atom. The van der Waals surface area contributed by atoms with E-state index in [1.807, 2.05) is 0 Å². The van der Waals surface area contributed by atoms with Crippen LogP contribution in [0.2, 0.25) is 0 Å². The summed E-state index contributed by atoms with van der Waals surface area (Å²) < 4.78 is 15.8. The van der Waals surface area contributed by atoms with E-state index in [1.54, 1.807) is 7.11 Å². The highest BCUT2D eigenvalue weighted by Crippen LogP contribution is 2.28. The fourth-order valence-electron chi connectivity index (χ4n) is 2.12. The summed E-state index contributed by atoms with van der Waals surface area (Å²) in [5.41, 5.74) is 0. The number of rotatable bonds is 8. The summed E-state index contributed by atoms with van der Waals surface area (Å²) in [5, 5.41) is 0. The molecule has 0 aromatic carbocycles. The van der Waals surface area contributed by atoms with Crippen molar-refractivity contribution in [2.24, 2.45) is 5.92 Å². The van der Waals surface area contributed by atoms with Crippen LogP contribution in [-0.4, -0.2) is 39.5 Å². The molecule has 2 atom stereocenters. The molecule has 0 unspecified atom stereocenters. The lowest BCUT2D eigenvalue weighted by molar-refractivity contribution is -0.127. The number of aldehydes is 1. The Kier molecular flexibility index (Phi) is 7.38. The predicted molar refractivity (Wildman–Crippen MR) is 60.2 cm³/mol. The zero-order valence-electron chi connectivity index (χ0n) is 10.0. The summed E-state index contributed by atoms with van der Waals surface area (Å²) in [5.74, 6) is 0.386. The van der Waals surface area contributed by atoms with Gasteiger partial charge in [0.05, 0.1) is 19.3 Å². The first-order valence-corrected chi connectivity index (χ1v) is 6.00. The van der Waals surface area contributed by atoms with Crippen LogP contribution in [0.25, 0.3) is 0 Å². The smallest absolute Gasteiger partial charge is 0.147 e. The van der Waals surface area contributed by atoms with Crippen LogP contribution in [0.1, 0.15) is 32.1 Å². The first kappa shape index (κ1) is 13.6. The lowest BCUT2D eigenvalue weighted by atomic mass is 9.85. The third kappa shape index (κ3) is 5.05. The standard InChI is InChI=1S/C12H22O4/c1-14-8-9-15-10-16-12-5-3-2-4-11(12)6-7-13/h7,11-12H,2-6,8-10H2,1H3/t11-,12+/m1/s1. The molecule has 0 aromatic rings. The van der Waals surface area contributed by atoms with Crippen molar-refractivity contribution in [3.05, 3.63) is 0 Å². The van der Waals surface area contributed by atoms with Gasteiger partial charge in [-0.25, -0.2) is 0 Å². The molecule has 4 nitrogen and oxygen atoms in total. The number of carbonyl (C=O) groups excluding carboxylic acids is 1. The molecule has 0 N–H and O–H groups in total. The molecule has 94 valence electrons. The highest BCUT2D eigenvalue weighted by atomic mass is 16.7. The maximum Gasteiger partial charge on any atom is 0.147 e. The van der Waals surface area contributed by atoms with Crippen LogP contribution in [0.15, 0.2) is 0 Å². The van der Waals surface area contributed by atoms with Crippen molar-refractivity contribution in [1.29, 1.82) is 0 Å². The average molecular weight is 230 g/mol. The SMILES string of the molecule is COCCOCO[C@H]1CCCC[C@@H]1CC=O. The van der Waals surface area contributed by atoms with E-state index in [1.165, 1.54) is 12.8 Å². The van der Waals surface area contributed by atoms with Gasteiger partial charge in [-0.05, 0) is 18.8 Å². The van der Waals surface area contributed by atoms with Crippen molar-refractivity contribution in [1.82, 2.24) is 0 Å². The van der Waals surface area contributed by atoms with Crippen LogP contribution < -0.4 is 0 Å². The summed E-state index contributed by atoms with van der Waals surface area (Å²) in [6, 6.07) is 0. The maximum atomic E-state index is 10.5. The molecular formula is C12H22O4. The summed E-state index contributed by atoms with van der Waals surface area (Å²) >= 11 is 0. The van der Waals surface area contributed by atoms with Crippen molar-refractivity contribution >= 4 is 6.29 Å². The van der Waals surface area contributed by atoms with E-state index in [2.05, 4.69) is 0 Å². The van der Waals surface area contributed by atoms with E-state index in [0.717, 1.165) is 19.1 Å². The minimum atomic E-state index is 0.196. The molecule has 0 aliphatic heterocycles. The van der Waals surface area contributed by atoms with Crippen LogP contribution >= 0.6 is 0 Å². The second-order valence-corrected chi connectivity index (χ2v) is 4.17. The molecule has 16 heavy (non-hydrogen) atoms. The largest absolute Gasteiger partial charge is 0.382 e. The Morgan fingerprint density at radius 3 is 2.81 bits per heavy atom. The van der Waals surface area contributed by atoms with Gasteiger partial charge in [0.15, 0.2) is 0 Å². The molecule has 1 aliphatic carbocycles. The van der Waals surface area contributed by atoms with Crippen molar-refractivity contribution in [3.8, 4) is 0 Å². The van der Waals surface area contributed by atoms with Gasteiger partial charge in [-0.1, -0.05) is 12.8 Å². The van der Waals surface area contributed by atoms with E-state index in [9.17, 15) is 4.79 Å². The van der Waals surface area contributed by atoms with Gasteiger partial charge in [-0.3, -0.25) is 0 Å². The highest BCUT2D eigenvalue weighted by molar-refractivity contribution is 5.49. The first-order valence-electron chi connectivity index (χ1n) is 6.00. The molecule has 0 saturated heterocycles. The lowest BCUT2D eigenvalue weighted by Crippen LogP contribution is -2.29. The van der Waals surface area contributed by atoms with Crippen LogP contribution in [0, 0.1) is 5.92 Å². The summed E-state index contributed by atoms with van der Waals surface area (Å²) in [6.07, 6.45) is 6.36. The zero-order chi connectivity index (χ0) is 11.6. The molecule has 4 heteroatoms. The quantitative estimate of drug-likeness (QED) is 0.362. The third-order valence-corrected chi connectivity index (χ3v) is 3.04. The molecule has 0 radical (unpaired) electrons. The van der Waals surface area contributed by atoms with E-state index >= 15 is 0 Å². The van der Waals surface area contributed by atoms with Gasteiger partial charge in [0.2, 0.25) is 0 Å². The summed E-state index contributed by atoms with van der Waals surface area (Å²) in [6.45, 7) is 1.46. The summed E-state index contributed by atoms with van der Waals surface area (Å²) in [7, 11) is 1.64. The Balaban J connectivity index is 2.14. The molecule has 0 heterocycles. The van der Waals surface area contributed by atoms with Gasteiger partial charge in [0.1, 0.15) is 13.1 Å². The number of methoxy groups -OCH3 is 1. The van der Waals surface area contributed by atoms with E-state index < -0.39 is 0 Å². The molecule has 0 spiro atoms. The van der Waals surface area contributed by atoms with Crippen molar-refractivity contribution in [3.63, 3.8) is 0 Å². The molecular weight excluding hydrogens is 208 g/mol. The molecule has 1 fully saturated rings. The molecule has 0 aromatic heterocycles. The number of hydrogen-bond acceptors (Lipinski definition) is 4. The molecule has 1 saturated carbocycles. The van der Waals surface area contributed by atoms with Gasteiger partial charge < -0.3 is 19.0 Å². The minimum absolute atomic E-state index is 0.196. The Morgan fingerprint density at radius 2 is 2.06 bits per heavy atom. The fourth-order valence-corrected chi connectivity index (χ4v) is 2.12. The van der Waals surface area contributed by atoms with E-state index in [-0.39, 0.29) is 6.10 Å². The molecule has 0 amide bonds. The Bertz CT molecular complexity index is 184. The van der Waals surface area contributed by atoms with Crippen LogP contribution in [0.5, 0.6) is 0 Å². The maximum absolute atomic E-state index is 10.5. The molecule has 1 rings (SSSR count). The van der Waals surface area contributed by atoms with E-state index in [4.69, 9.17) is 14.2 Å². The predicted octanol–water partition coefficient (Wildman–Crippen LogP) is 1.77. The molecule has 1 aliphatic rings. The summed E-state index contributed by atoms with van der Waals surface area (Å²) in [4.78, 5) is 10.5. The van der Waals surface area contributed by atoms with Crippen molar-refractivity contribution < 1.29 is 19.0 Å². The zero-order valence-corrected chi connectivity index (χ0v) is 10.0. The number of carbonyl (C=O) groups is 1. The number of ether oxygens (including phenoxy) is 3. The highest BCUT2D eigenvalue weighted by Gasteiger charge is 2.25.